The van der Waals surface area contributed by atoms with Crippen LogP contribution >= 0.6 is 15.9 Å². The zero-order chi connectivity index (χ0) is 16.0. The van der Waals surface area contributed by atoms with Crippen molar-refractivity contribution in [3.05, 3.63) is 22.4 Å². The number of hydrogen-bond donors (Lipinski definition) is 3. The number of sulfonamides is 1. The smallest absolute Gasteiger partial charge is 0.241 e. The molecular weight excluding hydrogens is 363 g/mol. The summed E-state index contributed by atoms with van der Waals surface area (Å²) in [5, 5.41) is 8.98. The first kappa shape index (κ1) is 18.3. The fraction of sp³-hybridized carbons (Fsp3) is 0.538. The summed E-state index contributed by atoms with van der Waals surface area (Å²) in [4.78, 5) is -0.0966. The molecule has 0 saturated carbocycles. The lowest BCUT2D eigenvalue weighted by molar-refractivity contribution is 0.251. The highest BCUT2D eigenvalue weighted by atomic mass is 79.9. The van der Waals surface area contributed by atoms with Gasteiger partial charge in [0, 0.05) is 17.6 Å². The molecular formula is C13H20BrFN2O3S. The van der Waals surface area contributed by atoms with Gasteiger partial charge in [0.25, 0.3) is 0 Å². The van der Waals surface area contributed by atoms with Crippen molar-refractivity contribution in [3.8, 4) is 0 Å². The number of aliphatic hydroxyl groups excluding tert-OH is 1. The molecule has 1 aromatic carbocycles. The number of nitrogens with two attached hydrogens (primary N) is 1. The van der Waals surface area contributed by atoms with Crippen molar-refractivity contribution in [1.82, 2.24) is 4.72 Å². The maximum absolute atomic E-state index is 13.3. The first-order valence-electron chi connectivity index (χ1n) is 6.66. The summed E-state index contributed by atoms with van der Waals surface area (Å²) in [6, 6.07) is 2.11. The van der Waals surface area contributed by atoms with Gasteiger partial charge in [0.1, 0.15) is 5.82 Å². The SMILES string of the molecule is CCCC(CCO)CNS(=O)(=O)c1cc(N)c(F)cc1Br. The average Bonchev–Trinajstić information content (AvgIpc) is 2.40. The molecule has 4 N–H and O–H groups in total. The zero-order valence-electron chi connectivity index (χ0n) is 11.8. The van der Waals surface area contributed by atoms with E-state index in [0.717, 1.165) is 25.0 Å². The quantitative estimate of drug-likeness (QED) is 0.601. The minimum absolute atomic E-state index is 0.0135. The monoisotopic (exact) mass is 382 g/mol. The van der Waals surface area contributed by atoms with Crippen LogP contribution in [0.2, 0.25) is 0 Å². The Balaban J connectivity index is 2.89. The molecule has 21 heavy (non-hydrogen) atoms. The Labute approximate surface area is 132 Å². The Morgan fingerprint density at radius 2 is 2.10 bits per heavy atom. The molecule has 1 atom stereocenters. The fourth-order valence-corrected chi connectivity index (χ4v) is 4.16. The lowest BCUT2D eigenvalue weighted by Gasteiger charge is -2.16. The van der Waals surface area contributed by atoms with Gasteiger partial charge >= 0.3 is 0 Å². The Kier molecular flexibility index (Phi) is 7.05. The molecule has 0 saturated heterocycles. The Morgan fingerprint density at radius 1 is 1.43 bits per heavy atom. The summed E-state index contributed by atoms with van der Waals surface area (Å²) in [5.41, 5.74) is 5.19. The van der Waals surface area contributed by atoms with E-state index in [2.05, 4.69) is 20.7 Å². The van der Waals surface area contributed by atoms with Crippen LogP contribution < -0.4 is 10.5 Å². The highest BCUT2D eigenvalue weighted by molar-refractivity contribution is 9.10. The largest absolute Gasteiger partial charge is 0.396 e. The van der Waals surface area contributed by atoms with E-state index in [4.69, 9.17) is 10.8 Å². The molecule has 0 spiro atoms. The van der Waals surface area contributed by atoms with Gasteiger partial charge in [-0.05, 0) is 46.8 Å². The Hall–Kier alpha value is -0.700. The number of hydrogen-bond acceptors (Lipinski definition) is 4. The summed E-state index contributed by atoms with van der Waals surface area (Å²) in [6.07, 6.45) is 2.25. The minimum Gasteiger partial charge on any atom is -0.396 e. The molecule has 0 aliphatic heterocycles. The van der Waals surface area contributed by atoms with Crippen molar-refractivity contribution in [2.75, 3.05) is 18.9 Å². The normalized spacial score (nSPS) is 13.3. The van der Waals surface area contributed by atoms with E-state index in [1.807, 2.05) is 6.92 Å². The van der Waals surface area contributed by atoms with Crippen LogP contribution in [0.15, 0.2) is 21.5 Å². The Bertz CT molecular complexity index is 575. The van der Waals surface area contributed by atoms with Crippen LogP contribution in [0.4, 0.5) is 10.1 Å². The predicted octanol–water partition coefficient (Wildman–Crippen LogP) is 2.25. The van der Waals surface area contributed by atoms with Gasteiger partial charge in [0.2, 0.25) is 10.0 Å². The standard InChI is InChI=1S/C13H20BrFN2O3S/c1-2-3-9(4-5-18)8-17-21(19,20)13-7-12(16)11(15)6-10(13)14/h6-7,9,17-18H,2-5,8,16H2,1H3. The van der Waals surface area contributed by atoms with Crippen molar-refractivity contribution in [1.29, 1.82) is 0 Å². The molecule has 1 aromatic rings. The van der Waals surface area contributed by atoms with Crippen LogP contribution in [0.5, 0.6) is 0 Å². The maximum Gasteiger partial charge on any atom is 0.241 e. The van der Waals surface area contributed by atoms with Crippen molar-refractivity contribution < 1.29 is 17.9 Å². The zero-order valence-corrected chi connectivity index (χ0v) is 14.2. The highest BCUT2D eigenvalue weighted by Gasteiger charge is 2.21. The van der Waals surface area contributed by atoms with Crippen LogP contribution in [-0.2, 0) is 10.0 Å². The summed E-state index contributed by atoms with van der Waals surface area (Å²) < 4.78 is 40.4. The highest BCUT2D eigenvalue weighted by Crippen LogP contribution is 2.26. The number of anilines is 1. The first-order chi connectivity index (χ1) is 9.81. The molecule has 0 aromatic heterocycles. The summed E-state index contributed by atoms with van der Waals surface area (Å²) in [5.74, 6) is -0.615. The van der Waals surface area contributed by atoms with E-state index in [1.165, 1.54) is 0 Å². The topological polar surface area (TPSA) is 92.4 Å². The minimum atomic E-state index is -3.79. The number of halogens is 2. The number of benzene rings is 1. The third kappa shape index (κ3) is 5.21. The summed E-state index contributed by atoms with van der Waals surface area (Å²) >= 11 is 3.03. The van der Waals surface area contributed by atoms with Crippen LogP contribution in [-0.4, -0.2) is 26.7 Å². The molecule has 0 radical (unpaired) electrons. The maximum atomic E-state index is 13.3. The lowest BCUT2D eigenvalue weighted by atomic mass is 10.0. The van der Waals surface area contributed by atoms with Gasteiger partial charge in [-0.2, -0.15) is 0 Å². The van der Waals surface area contributed by atoms with Gasteiger partial charge in [0.05, 0.1) is 10.6 Å². The van der Waals surface area contributed by atoms with E-state index >= 15 is 0 Å². The van der Waals surface area contributed by atoms with Crippen molar-refractivity contribution in [3.63, 3.8) is 0 Å². The summed E-state index contributed by atoms with van der Waals surface area (Å²) in [7, 11) is -3.79. The van der Waals surface area contributed by atoms with E-state index in [9.17, 15) is 12.8 Å². The average molecular weight is 383 g/mol. The van der Waals surface area contributed by atoms with E-state index in [0.29, 0.717) is 6.42 Å². The van der Waals surface area contributed by atoms with Gasteiger partial charge in [-0.15, -0.1) is 0 Å². The van der Waals surface area contributed by atoms with Crippen molar-refractivity contribution in [2.45, 2.75) is 31.1 Å². The summed E-state index contributed by atoms with van der Waals surface area (Å²) in [6.45, 7) is 2.23. The fourth-order valence-electron chi connectivity index (χ4n) is 2.00. The van der Waals surface area contributed by atoms with Gasteiger partial charge in [-0.1, -0.05) is 13.3 Å². The molecule has 1 rings (SSSR count). The van der Waals surface area contributed by atoms with Crippen LogP contribution in [0, 0.1) is 11.7 Å². The van der Waals surface area contributed by atoms with Gasteiger partial charge in [0.15, 0.2) is 0 Å². The third-order valence-electron chi connectivity index (χ3n) is 3.14. The third-order valence-corrected chi connectivity index (χ3v) is 5.52. The van der Waals surface area contributed by atoms with Gasteiger partial charge in [-0.3, -0.25) is 0 Å². The lowest BCUT2D eigenvalue weighted by Crippen LogP contribution is -2.30. The van der Waals surface area contributed by atoms with E-state index in [-0.39, 0.29) is 34.1 Å². The number of nitrogen functional groups attached to an aromatic ring is 1. The molecule has 8 heteroatoms. The molecule has 0 bridgehead atoms. The number of nitrogens with one attached hydrogen (secondary N) is 1. The molecule has 0 amide bonds. The predicted molar refractivity (Wildman–Crippen MR) is 83.8 cm³/mol. The van der Waals surface area contributed by atoms with Crippen LogP contribution in [0.3, 0.4) is 0 Å². The second-order valence-electron chi connectivity index (χ2n) is 4.82. The molecule has 0 fully saturated rings. The molecule has 120 valence electrons. The second kappa shape index (κ2) is 8.07. The first-order valence-corrected chi connectivity index (χ1v) is 8.94. The van der Waals surface area contributed by atoms with Crippen molar-refractivity contribution in [2.24, 2.45) is 5.92 Å². The molecule has 0 heterocycles. The number of aliphatic hydroxyl groups is 1. The van der Waals surface area contributed by atoms with Gasteiger partial charge < -0.3 is 10.8 Å². The van der Waals surface area contributed by atoms with Crippen LogP contribution in [0.1, 0.15) is 26.2 Å². The number of rotatable bonds is 8. The molecule has 1 unspecified atom stereocenters. The van der Waals surface area contributed by atoms with Crippen molar-refractivity contribution >= 4 is 31.6 Å². The van der Waals surface area contributed by atoms with E-state index < -0.39 is 15.8 Å². The second-order valence-corrected chi connectivity index (χ2v) is 7.41. The Morgan fingerprint density at radius 3 is 2.67 bits per heavy atom. The molecule has 5 nitrogen and oxygen atoms in total. The van der Waals surface area contributed by atoms with Crippen LogP contribution in [0.25, 0.3) is 0 Å². The molecule has 0 aliphatic rings. The van der Waals surface area contributed by atoms with E-state index in [1.54, 1.807) is 0 Å². The molecule has 0 aliphatic carbocycles. The van der Waals surface area contributed by atoms with Gasteiger partial charge in [-0.25, -0.2) is 17.5 Å².